The molecule has 1 N–H and O–H groups in total. The molecule has 0 aromatic carbocycles. The van der Waals surface area contributed by atoms with E-state index in [0.29, 0.717) is 10.6 Å². The molecule has 2 aromatic heterocycles. The highest BCUT2D eigenvalue weighted by Crippen LogP contribution is 2.34. The van der Waals surface area contributed by atoms with Crippen LogP contribution >= 0.6 is 23.1 Å². The first-order chi connectivity index (χ1) is 8.74. The summed E-state index contributed by atoms with van der Waals surface area (Å²) in [5.41, 5.74) is 2.50. The minimum absolute atomic E-state index is 0.328. The van der Waals surface area contributed by atoms with Gasteiger partial charge in [-0.2, -0.15) is 0 Å². The quantitative estimate of drug-likeness (QED) is 0.933. The fourth-order valence-corrected chi connectivity index (χ4v) is 3.89. The smallest absolute Gasteiger partial charge is 0.338 e. The maximum absolute atomic E-state index is 11.3. The van der Waals surface area contributed by atoms with E-state index < -0.39 is 5.97 Å². The molecule has 0 aliphatic heterocycles. The molecule has 0 saturated carbocycles. The van der Waals surface area contributed by atoms with Crippen molar-refractivity contribution in [2.45, 2.75) is 28.5 Å². The predicted molar refractivity (Wildman–Crippen MR) is 71.7 cm³/mol. The molecule has 0 bridgehead atoms. The predicted octanol–water partition coefficient (Wildman–Crippen LogP) is 3.48. The van der Waals surface area contributed by atoms with E-state index in [2.05, 4.69) is 4.98 Å². The van der Waals surface area contributed by atoms with E-state index in [1.807, 2.05) is 17.5 Å². The molecule has 0 amide bonds. The number of fused-ring (bicyclic) bond motifs is 1. The van der Waals surface area contributed by atoms with Crippen LogP contribution in [0.3, 0.4) is 0 Å². The summed E-state index contributed by atoms with van der Waals surface area (Å²) in [4.78, 5) is 15.8. The largest absolute Gasteiger partial charge is 0.478 e. The number of carboxylic acid groups (broad SMARTS) is 1. The van der Waals surface area contributed by atoms with Gasteiger partial charge >= 0.3 is 5.97 Å². The summed E-state index contributed by atoms with van der Waals surface area (Å²) in [5.74, 6) is -0.892. The fraction of sp³-hybridized carbons (Fsp3) is 0.231. The Balaban J connectivity index is 2.03. The van der Waals surface area contributed by atoms with Crippen LogP contribution in [-0.4, -0.2) is 16.1 Å². The first-order valence-corrected chi connectivity index (χ1v) is 7.41. The van der Waals surface area contributed by atoms with Crippen molar-refractivity contribution >= 4 is 29.1 Å². The molecule has 1 aliphatic carbocycles. The third-order valence-electron chi connectivity index (χ3n) is 2.94. The molecule has 0 unspecified atom stereocenters. The average molecular weight is 277 g/mol. The Kier molecular flexibility index (Phi) is 3.09. The number of hydrogen-bond acceptors (Lipinski definition) is 4. The Hall–Kier alpha value is -1.33. The summed E-state index contributed by atoms with van der Waals surface area (Å²) in [7, 11) is 0. The topological polar surface area (TPSA) is 50.2 Å². The summed E-state index contributed by atoms with van der Waals surface area (Å²) >= 11 is 3.04. The van der Waals surface area contributed by atoms with Crippen molar-refractivity contribution in [3.05, 3.63) is 40.4 Å². The second-order valence-corrected chi connectivity index (χ2v) is 6.38. The molecule has 92 valence electrons. The van der Waals surface area contributed by atoms with Crippen LogP contribution in [-0.2, 0) is 12.8 Å². The van der Waals surface area contributed by atoms with E-state index in [1.165, 1.54) is 11.8 Å². The van der Waals surface area contributed by atoms with Gasteiger partial charge in [-0.1, -0.05) is 17.8 Å². The number of aryl methyl sites for hydroxylation is 2. The molecule has 3 nitrogen and oxygen atoms in total. The highest BCUT2D eigenvalue weighted by Gasteiger charge is 2.20. The number of thiophene rings is 1. The zero-order valence-corrected chi connectivity index (χ0v) is 11.2. The van der Waals surface area contributed by atoms with Gasteiger partial charge < -0.3 is 5.11 Å². The molecule has 0 spiro atoms. The Morgan fingerprint density at radius 3 is 3.06 bits per heavy atom. The lowest BCUT2D eigenvalue weighted by molar-refractivity contribution is 0.0692. The van der Waals surface area contributed by atoms with Crippen LogP contribution in [0, 0.1) is 0 Å². The van der Waals surface area contributed by atoms with Gasteiger partial charge in [-0.05, 0) is 42.3 Å². The van der Waals surface area contributed by atoms with Crippen LogP contribution in [0.25, 0.3) is 0 Å². The van der Waals surface area contributed by atoms with Crippen LogP contribution in [0.4, 0.5) is 0 Å². The molecule has 1 aliphatic rings. The minimum Gasteiger partial charge on any atom is -0.478 e. The summed E-state index contributed by atoms with van der Waals surface area (Å²) in [6, 6.07) is 5.74. The first-order valence-electron chi connectivity index (χ1n) is 5.71. The Bertz CT molecular complexity index is 593. The Morgan fingerprint density at radius 2 is 2.33 bits per heavy atom. The van der Waals surface area contributed by atoms with E-state index in [0.717, 1.165) is 34.7 Å². The number of rotatable bonds is 3. The summed E-state index contributed by atoms with van der Waals surface area (Å²) in [5, 5.41) is 11.9. The summed E-state index contributed by atoms with van der Waals surface area (Å²) in [6.45, 7) is 0. The third-order valence-corrected chi connectivity index (χ3v) is 4.98. The van der Waals surface area contributed by atoms with Crippen LogP contribution in [0.5, 0.6) is 0 Å². The van der Waals surface area contributed by atoms with Crippen LogP contribution in [0.2, 0.25) is 0 Å². The molecule has 0 radical (unpaired) electrons. The Morgan fingerprint density at radius 1 is 1.44 bits per heavy atom. The van der Waals surface area contributed by atoms with Gasteiger partial charge in [0, 0.05) is 5.69 Å². The van der Waals surface area contributed by atoms with E-state index in [1.54, 1.807) is 17.4 Å². The van der Waals surface area contributed by atoms with Crippen molar-refractivity contribution in [2.24, 2.45) is 0 Å². The van der Waals surface area contributed by atoms with Gasteiger partial charge in [0.2, 0.25) is 0 Å². The molecular formula is C13H11NO2S2. The summed E-state index contributed by atoms with van der Waals surface area (Å²) in [6.07, 6.45) is 2.99. The van der Waals surface area contributed by atoms with Crippen molar-refractivity contribution in [1.29, 1.82) is 0 Å². The number of pyridine rings is 1. The minimum atomic E-state index is -0.892. The number of aromatic carboxylic acids is 1. The van der Waals surface area contributed by atoms with Crippen molar-refractivity contribution in [3.63, 3.8) is 0 Å². The van der Waals surface area contributed by atoms with Gasteiger partial charge in [-0.15, -0.1) is 11.3 Å². The molecule has 5 heteroatoms. The second-order valence-electron chi connectivity index (χ2n) is 4.14. The van der Waals surface area contributed by atoms with E-state index in [9.17, 15) is 9.90 Å². The lowest BCUT2D eigenvalue weighted by atomic mass is 10.1. The molecular weight excluding hydrogens is 266 g/mol. The number of hydrogen-bond donors (Lipinski definition) is 1. The van der Waals surface area contributed by atoms with Crippen LogP contribution in [0.15, 0.2) is 32.8 Å². The second kappa shape index (κ2) is 4.74. The fourth-order valence-electron chi connectivity index (χ4n) is 2.10. The monoisotopic (exact) mass is 277 g/mol. The van der Waals surface area contributed by atoms with Crippen molar-refractivity contribution in [1.82, 2.24) is 4.98 Å². The highest BCUT2D eigenvalue weighted by molar-refractivity contribution is 8.01. The van der Waals surface area contributed by atoms with Crippen LogP contribution < -0.4 is 0 Å². The molecule has 18 heavy (non-hydrogen) atoms. The lowest BCUT2D eigenvalue weighted by Crippen LogP contribution is -2.03. The maximum Gasteiger partial charge on any atom is 0.338 e. The van der Waals surface area contributed by atoms with E-state index in [-0.39, 0.29) is 0 Å². The number of carbonyl (C=O) groups is 1. The van der Waals surface area contributed by atoms with Gasteiger partial charge in [0.25, 0.3) is 0 Å². The summed E-state index contributed by atoms with van der Waals surface area (Å²) < 4.78 is 1.07. The maximum atomic E-state index is 11.3. The number of carboxylic acids is 1. The van der Waals surface area contributed by atoms with Crippen LogP contribution in [0.1, 0.15) is 28.0 Å². The molecule has 2 aromatic rings. The average Bonchev–Trinajstić information content (AvgIpc) is 2.97. The number of nitrogens with zero attached hydrogens (tertiary/aromatic N) is 1. The molecule has 0 fully saturated rings. The van der Waals surface area contributed by atoms with Crippen molar-refractivity contribution in [2.75, 3.05) is 0 Å². The van der Waals surface area contributed by atoms with Gasteiger partial charge in [0.05, 0.1) is 9.77 Å². The van der Waals surface area contributed by atoms with E-state index in [4.69, 9.17) is 0 Å². The normalized spacial score (nSPS) is 13.6. The van der Waals surface area contributed by atoms with Crippen molar-refractivity contribution in [3.8, 4) is 0 Å². The van der Waals surface area contributed by atoms with E-state index >= 15 is 0 Å². The standard InChI is InChI=1S/C13H11NO2S2/c15-13(16)9-7-8-3-1-4-10(8)14-12(9)18-11-5-2-6-17-11/h2,5-7H,1,3-4H2,(H,15,16). The SMILES string of the molecule is O=C(O)c1cc2c(nc1Sc1cccs1)CCC2. The van der Waals surface area contributed by atoms with Gasteiger partial charge in [-0.3, -0.25) is 0 Å². The molecule has 0 saturated heterocycles. The molecule has 2 heterocycles. The van der Waals surface area contributed by atoms with Gasteiger partial charge in [-0.25, -0.2) is 9.78 Å². The Labute approximate surface area is 113 Å². The lowest BCUT2D eigenvalue weighted by Gasteiger charge is -2.07. The zero-order valence-electron chi connectivity index (χ0n) is 9.55. The first kappa shape index (κ1) is 11.7. The zero-order chi connectivity index (χ0) is 12.5. The van der Waals surface area contributed by atoms with Crippen molar-refractivity contribution < 1.29 is 9.90 Å². The molecule has 0 atom stereocenters. The van der Waals surface area contributed by atoms with Gasteiger partial charge in [0.15, 0.2) is 0 Å². The third kappa shape index (κ3) is 2.15. The van der Waals surface area contributed by atoms with Gasteiger partial charge in [0.1, 0.15) is 5.03 Å². The molecule has 3 rings (SSSR count). The highest BCUT2D eigenvalue weighted by atomic mass is 32.2. The number of aromatic nitrogens is 1.